The molecule has 1 aromatic heterocycles. The first kappa shape index (κ1) is 23.9. The number of nitrogens with zero attached hydrogens (tertiary/aromatic N) is 2. The van der Waals surface area contributed by atoms with E-state index in [1.54, 1.807) is 4.57 Å². The van der Waals surface area contributed by atoms with Gasteiger partial charge in [-0.15, -0.1) is 0 Å². The molecule has 0 aliphatic carbocycles. The highest BCUT2D eigenvalue weighted by atomic mass is 32.1. The number of hydrogen-bond donors (Lipinski definition) is 3. The highest BCUT2D eigenvalue weighted by Gasteiger charge is 2.18. The van der Waals surface area contributed by atoms with E-state index in [0.717, 1.165) is 43.6 Å². The second kappa shape index (κ2) is 10.8. The van der Waals surface area contributed by atoms with E-state index >= 15 is 0 Å². The first-order valence-corrected chi connectivity index (χ1v) is 12.0. The van der Waals surface area contributed by atoms with Crippen LogP contribution < -0.4 is 10.2 Å². The molecule has 0 saturated heterocycles. The lowest BCUT2D eigenvalue weighted by Crippen LogP contribution is -2.31. The van der Waals surface area contributed by atoms with Crippen LogP contribution in [-0.2, 0) is 27.2 Å². The Balaban J connectivity index is 1.33. The molecule has 1 aliphatic rings. The Labute approximate surface area is 207 Å². The largest absolute Gasteiger partial charge is 0.469 e. The molecule has 3 aromatic rings. The van der Waals surface area contributed by atoms with Gasteiger partial charge in [0.2, 0.25) is 5.91 Å². The van der Waals surface area contributed by atoms with Gasteiger partial charge in [0.25, 0.3) is 0 Å². The number of amides is 1. The molecule has 0 unspecified atom stereocenters. The van der Waals surface area contributed by atoms with Crippen molar-refractivity contribution in [1.82, 2.24) is 14.8 Å². The highest BCUT2D eigenvalue weighted by molar-refractivity contribution is 7.72. The van der Waals surface area contributed by atoms with Crippen LogP contribution in [-0.4, -0.2) is 46.8 Å². The number of hydrogen-bond acceptors (Lipinski definition) is 6. The second-order valence-electron chi connectivity index (χ2n) is 8.20. The lowest BCUT2D eigenvalue weighted by Gasteiger charge is -2.31. The van der Waals surface area contributed by atoms with Gasteiger partial charge in [0.05, 0.1) is 19.2 Å². The van der Waals surface area contributed by atoms with Crippen LogP contribution in [0.4, 0.5) is 11.4 Å². The minimum absolute atomic E-state index is 0.0365. The second-order valence-corrected chi connectivity index (χ2v) is 8.98. The Morgan fingerprint density at radius 1 is 1.12 bits per heavy atom. The predicted octanol–water partition coefficient (Wildman–Crippen LogP) is 4.48. The first-order chi connectivity index (χ1) is 16.4. The van der Waals surface area contributed by atoms with Crippen molar-refractivity contribution in [2.45, 2.75) is 32.1 Å². The summed E-state index contributed by atoms with van der Waals surface area (Å²) in [6, 6.07) is 13.6. The zero-order valence-electron chi connectivity index (χ0n) is 18.9. The summed E-state index contributed by atoms with van der Waals surface area (Å²) < 4.78 is 7.40. The number of aromatic nitrogens is 3. The summed E-state index contributed by atoms with van der Waals surface area (Å²) in [5.74, 6) is -0.269. The van der Waals surface area contributed by atoms with Crippen LogP contribution in [0, 0.1) is 9.54 Å². The minimum atomic E-state index is -0.233. The van der Waals surface area contributed by atoms with Crippen LogP contribution in [0.15, 0.2) is 42.5 Å². The van der Waals surface area contributed by atoms with Crippen molar-refractivity contribution in [2.75, 3.05) is 30.4 Å². The van der Waals surface area contributed by atoms with Gasteiger partial charge >= 0.3 is 5.97 Å². The summed E-state index contributed by atoms with van der Waals surface area (Å²) >= 11 is 10.5. The summed E-state index contributed by atoms with van der Waals surface area (Å²) in [6.45, 7) is 1.76. The molecule has 0 atom stereocenters. The number of H-pyrrole nitrogens is 2. The van der Waals surface area contributed by atoms with Crippen molar-refractivity contribution in [3.63, 3.8) is 0 Å². The molecule has 2 aromatic carbocycles. The number of carbonyl (C=O) groups excluding carboxylic acids is 2. The van der Waals surface area contributed by atoms with Crippen LogP contribution in [0.3, 0.4) is 0 Å². The van der Waals surface area contributed by atoms with E-state index in [2.05, 4.69) is 32.5 Å². The van der Waals surface area contributed by atoms with Crippen LogP contribution >= 0.6 is 24.4 Å². The fourth-order valence-corrected chi connectivity index (χ4v) is 4.78. The Bertz CT molecular complexity index is 1280. The molecule has 4 rings (SSSR count). The Kier molecular flexibility index (Phi) is 7.59. The highest BCUT2D eigenvalue weighted by Crippen LogP contribution is 2.28. The predicted molar refractivity (Wildman–Crippen MR) is 137 cm³/mol. The lowest BCUT2D eigenvalue weighted by molar-refractivity contribution is -0.139. The average Bonchev–Trinajstić information content (AvgIpc) is 3.17. The van der Waals surface area contributed by atoms with Crippen molar-refractivity contribution in [3.05, 3.63) is 63.1 Å². The number of aryl methyl sites for hydroxylation is 1. The molecule has 178 valence electrons. The minimum Gasteiger partial charge on any atom is -0.469 e. The summed E-state index contributed by atoms with van der Waals surface area (Å²) in [7, 11) is 1.41. The fourth-order valence-electron chi connectivity index (χ4n) is 4.23. The van der Waals surface area contributed by atoms with E-state index < -0.39 is 0 Å². The number of anilines is 2. The van der Waals surface area contributed by atoms with E-state index in [1.807, 2.05) is 30.3 Å². The third-order valence-electron chi connectivity index (χ3n) is 5.84. The first-order valence-electron chi connectivity index (χ1n) is 11.2. The molecule has 0 spiro atoms. The molecule has 2 heterocycles. The monoisotopic (exact) mass is 497 g/mol. The topological polar surface area (TPSA) is 95.2 Å². The molecule has 1 amide bonds. The molecule has 0 radical (unpaired) electrons. The molecular formula is C24H27N5O3S2. The summed E-state index contributed by atoms with van der Waals surface area (Å²) in [5, 5.41) is 8.59. The van der Waals surface area contributed by atoms with Gasteiger partial charge in [-0.1, -0.05) is 18.2 Å². The number of nitrogens with one attached hydrogen (secondary N) is 3. The SMILES string of the molecule is COC(=O)Cc1ccc2c(c1)CCCN2CCCC(=O)Nc1cccc(-n2c(=S)[nH][nH]c2=S)c1. The van der Waals surface area contributed by atoms with E-state index in [0.29, 0.717) is 21.7 Å². The zero-order valence-corrected chi connectivity index (χ0v) is 20.6. The number of fused-ring (bicyclic) bond motifs is 1. The van der Waals surface area contributed by atoms with Gasteiger partial charge < -0.3 is 15.0 Å². The van der Waals surface area contributed by atoms with E-state index in [9.17, 15) is 9.59 Å². The van der Waals surface area contributed by atoms with Gasteiger partial charge in [0.15, 0.2) is 9.54 Å². The van der Waals surface area contributed by atoms with E-state index in [4.69, 9.17) is 29.2 Å². The standard InChI is InChI=1S/C24H27N5O3S2/c1-32-22(31)14-16-9-10-20-17(13-16)5-3-11-28(20)12-4-8-21(30)25-18-6-2-7-19(15-18)29-23(33)26-27-24(29)34/h2,6-7,9-10,13,15H,3-5,8,11-12,14H2,1H3,(H,25,30)(H,26,33)(H,27,34). The number of benzene rings is 2. The maximum Gasteiger partial charge on any atom is 0.309 e. The molecule has 0 saturated carbocycles. The van der Waals surface area contributed by atoms with Crippen molar-refractivity contribution in [1.29, 1.82) is 0 Å². The summed E-state index contributed by atoms with van der Waals surface area (Å²) in [6.07, 6.45) is 3.49. The Morgan fingerprint density at radius 2 is 1.91 bits per heavy atom. The van der Waals surface area contributed by atoms with Gasteiger partial charge in [-0.05, 0) is 79.1 Å². The van der Waals surface area contributed by atoms with Crippen molar-refractivity contribution < 1.29 is 14.3 Å². The van der Waals surface area contributed by atoms with E-state index in [1.165, 1.54) is 18.4 Å². The number of esters is 1. The molecule has 1 aliphatic heterocycles. The Morgan fingerprint density at radius 3 is 2.68 bits per heavy atom. The van der Waals surface area contributed by atoms with Gasteiger partial charge in [-0.3, -0.25) is 24.4 Å². The summed E-state index contributed by atoms with van der Waals surface area (Å²) in [5.41, 5.74) is 4.88. The molecule has 0 fully saturated rings. The normalized spacial score (nSPS) is 12.8. The van der Waals surface area contributed by atoms with Gasteiger partial charge in [-0.25, -0.2) is 0 Å². The third kappa shape index (κ3) is 5.63. The number of rotatable bonds is 8. The number of carbonyl (C=O) groups is 2. The molecule has 0 bridgehead atoms. The molecule has 8 nitrogen and oxygen atoms in total. The van der Waals surface area contributed by atoms with Crippen LogP contribution in [0.25, 0.3) is 5.69 Å². The molecular weight excluding hydrogens is 470 g/mol. The fraction of sp³-hybridized carbons (Fsp3) is 0.333. The Hall–Kier alpha value is -3.24. The lowest BCUT2D eigenvalue weighted by atomic mass is 9.98. The number of ether oxygens (including phenoxy) is 1. The smallest absolute Gasteiger partial charge is 0.309 e. The molecule has 3 N–H and O–H groups in total. The van der Waals surface area contributed by atoms with Crippen molar-refractivity contribution in [3.8, 4) is 5.69 Å². The van der Waals surface area contributed by atoms with Crippen LogP contribution in [0.2, 0.25) is 0 Å². The van der Waals surface area contributed by atoms with Crippen LogP contribution in [0.5, 0.6) is 0 Å². The zero-order chi connectivity index (χ0) is 24.1. The maximum absolute atomic E-state index is 12.6. The van der Waals surface area contributed by atoms with Crippen molar-refractivity contribution >= 4 is 47.7 Å². The van der Waals surface area contributed by atoms with Crippen molar-refractivity contribution in [2.24, 2.45) is 0 Å². The quantitative estimate of drug-likeness (QED) is 0.314. The summed E-state index contributed by atoms with van der Waals surface area (Å²) in [4.78, 5) is 26.5. The van der Waals surface area contributed by atoms with Gasteiger partial charge in [-0.2, -0.15) is 0 Å². The number of aromatic amines is 2. The average molecular weight is 498 g/mol. The van der Waals surface area contributed by atoms with Gasteiger partial charge in [0.1, 0.15) is 0 Å². The van der Waals surface area contributed by atoms with Gasteiger partial charge in [0, 0.05) is 30.9 Å². The van der Waals surface area contributed by atoms with E-state index in [-0.39, 0.29) is 18.3 Å². The van der Waals surface area contributed by atoms with Crippen LogP contribution in [0.1, 0.15) is 30.4 Å². The molecule has 34 heavy (non-hydrogen) atoms. The maximum atomic E-state index is 12.6. The third-order valence-corrected chi connectivity index (χ3v) is 6.41. The molecule has 10 heteroatoms. The number of methoxy groups -OCH3 is 1.